The monoisotopic (exact) mass is 176 g/mol. The summed E-state index contributed by atoms with van der Waals surface area (Å²) in [6, 6.07) is 0. The van der Waals surface area contributed by atoms with Crippen molar-refractivity contribution in [2.75, 3.05) is 0 Å². The van der Waals surface area contributed by atoms with Crippen LogP contribution in [0.25, 0.3) is 0 Å². The van der Waals surface area contributed by atoms with Gasteiger partial charge in [-0.15, -0.1) is 0 Å². The maximum Gasteiger partial charge on any atom is 0.284 e. The van der Waals surface area contributed by atoms with Gasteiger partial charge in [-0.2, -0.15) is 0 Å². The van der Waals surface area contributed by atoms with E-state index in [2.05, 4.69) is 0 Å². The Kier molecular flexibility index (Phi) is 3.75. The summed E-state index contributed by atoms with van der Waals surface area (Å²) >= 11 is 0. The number of halogens is 5. The van der Waals surface area contributed by atoms with Gasteiger partial charge < -0.3 is 0 Å². The predicted octanol–water partition coefficient (Wildman–Crippen LogP) is 3.03. The smallest absolute Gasteiger partial charge is 0.234 e. The van der Waals surface area contributed by atoms with Gasteiger partial charge >= 0.3 is 0 Å². The second-order valence-corrected chi connectivity index (χ2v) is 2.25. The molecule has 0 aliphatic rings. The Morgan fingerprint density at radius 3 is 1.91 bits per heavy atom. The Morgan fingerprint density at radius 2 is 1.64 bits per heavy atom. The molecule has 0 spiro atoms. The van der Waals surface area contributed by atoms with Gasteiger partial charge in [-0.05, 0) is 0 Å². The molecule has 0 saturated heterocycles. The molecule has 0 aromatic rings. The van der Waals surface area contributed by atoms with Crippen molar-refractivity contribution in [2.45, 2.75) is 38.3 Å². The molecule has 0 bridgehead atoms. The van der Waals surface area contributed by atoms with E-state index in [0.29, 0.717) is 0 Å². The molecule has 11 heavy (non-hydrogen) atoms. The zero-order valence-corrected chi connectivity index (χ0v) is 5.96. The molecular formula is C6H9F5. The van der Waals surface area contributed by atoms with Gasteiger partial charge in [0.15, 0.2) is 0 Å². The van der Waals surface area contributed by atoms with Crippen molar-refractivity contribution in [1.82, 2.24) is 0 Å². The van der Waals surface area contributed by atoms with E-state index >= 15 is 0 Å². The normalized spacial score (nSPS) is 15.5. The van der Waals surface area contributed by atoms with Crippen LogP contribution in [-0.2, 0) is 0 Å². The summed E-state index contributed by atoms with van der Waals surface area (Å²) in [4.78, 5) is 0. The van der Waals surface area contributed by atoms with Crippen molar-refractivity contribution in [3.8, 4) is 0 Å². The van der Waals surface area contributed by atoms with Gasteiger partial charge in [0.1, 0.15) is 0 Å². The molecule has 0 nitrogen and oxygen atoms in total. The summed E-state index contributed by atoms with van der Waals surface area (Å²) in [7, 11) is 0. The van der Waals surface area contributed by atoms with Gasteiger partial charge in [-0.1, -0.05) is 13.3 Å². The van der Waals surface area contributed by atoms with Crippen LogP contribution in [0.2, 0.25) is 0 Å². The molecule has 0 saturated carbocycles. The average Bonchev–Trinajstić information content (AvgIpc) is 1.86. The number of hydrogen-bond acceptors (Lipinski definition) is 0. The van der Waals surface area contributed by atoms with Crippen LogP contribution in [-0.4, -0.2) is 18.5 Å². The molecule has 0 fully saturated rings. The molecule has 1 atom stereocenters. The van der Waals surface area contributed by atoms with E-state index in [-0.39, 0.29) is 6.42 Å². The lowest BCUT2D eigenvalue weighted by atomic mass is 10.1. The van der Waals surface area contributed by atoms with Crippen molar-refractivity contribution < 1.29 is 22.0 Å². The van der Waals surface area contributed by atoms with Crippen LogP contribution in [0.4, 0.5) is 22.0 Å². The van der Waals surface area contributed by atoms with Crippen LogP contribution in [0.3, 0.4) is 0 Å². The Morgan fingerprint density at radius 1 is 1.18 bits per heavy atom. The molecule has 0 rings (SSSR count). The predicted molar refractivity (Wildman–Crippen MR) is 30.8 cm³/mol. The zero-order valence-electron chi connectivity index (χ0n) is 5.96. The third-order valence-electron chi connectivity index (χ3n) is 1.21. The molecule has 0 aliphatic heterocycles. The quantitative estimate of drug-likeness (QED) is 0.577. The standard InChI is InChI=1S/C6H9F5/c1-2-3-6(10,11)4(7)5(8)9/h4-5H,2-3H2,1H3/t4-/m0/s1. The van der Waals surface area contributed by atoms with Crippen molar-refractivity contribution in [3.05, 3.63) is 0 Å². The third kappa shape index (κ3) is 3.03. The zero-order chi connectivity index (χ0) is 9.07. The molecule has 0 aromatic heterocycles. The molecule has 0 radical (unpaired) electrons. The number of alkyl halides is 5. The maximum absolute atomic E-state index is 12.2. The molecular weight excluding hydrogens is 167 g/mol. The molecule has 0 heterocycles. The molecule has 0 amide bonds. The van der Waals surface area contributed by atoms with Crippen molar-refractivity contribution in [2.24, 2.45) is 0 Å². The van der Waals surface area contributed by atoms with Crippen LogP contribution in [0, 0.1) is 0 Å². The fourth-order valence-electron chi connectivity index (χ4n) is 0.656. The van der Waals surface area contributed by atoms with E-state index in [1.54, 1.807) is 0 Å². The highest BCUT2D eigenvalue weighted by Gasteiger charge is 2.44. The summed E-state index contributed by atoms with van der Waals surface area (Å²) in [6.07, 6.45) is -7.78. The van der Waals surface area contributed by atoms with E-state index in [1.807, 2.05) is 0 Å². The molecule has 0 unspecified atom stereocenters. The minimum Gasteiger partial charge on any atom is -0.234 e. The lowest BCUT2D eigenvalue weighted by molar-refractivity contribution is -0.131. The number of hydrogen-bond donors (Lipinski definition) is 0. The van der Waals surface area contributed by atoms with Crippen molar-refractivity contribution in [3.63, 3.8) is 0 Å². The van der Waals surface area contributed by atoms with E-state index < -0.39 is 24.9 Å². The fraction of sp³-hybridized carbons (Fsp3) is 1.00. The van der Waals surface area contributed by atoms with E-state index in [0.717, 1.165) is 0 Å². The van der Waals surface area contributed by atoms with E-state index in [4.69, 9.17) is 0 Å². The van der Waals surface area contributed by atoms with Crippen LogP contribution in [0.15, 0.2) is 0 Å². The summed E-state index contributed by atoms with van der Waals surface area (Å²) in [5.74, 6) is -3.89. The van der Waals surface area contributed by atoms with Crippen LogP contribution in [0.5, 0.6) is 0 Å². The average molecular weight is 176 g/mol. The van der Waals surface area contributed by atoms with Gasteiger partial charge in [0.05, 0.1) is 0 Å². The van der Waals surface area contributed by atoms with Gasteiger partial charge in [-0.3, -0.25) is 0 Å². The minimum atomic E-state index is -3.89. The first-order valence-corrected chi connectivity index (χ1v) is 3.22. The Bertz CT molecular complexity index is 112. The van der Waals surface area contributed by atoms with Crippen LogP contribution in [0.1, 0.15) is 19.8 Å². The molecule has 68 valence electrons. The lowest BCUT2D eigenvalue weighted by Gasteiger charge is -2.18. The minimum absolute atomic E-state index is 0.0138. The van der Waals surface area contributed by atoms with Gasteiger partial charge in [0.2, 0.25) is 6.17 Å². The van der Waals surface area contributed by atoms with Crippen molar-refractivity contribution in [1.29, 1.82) is 0 Å². The molecule has 0 N–H and O–H groups in total. The van der Waals surface area contributed by atoms with E-state index in [9.17, 15) is 22.0 Å². The highest BCUT2D eigenvalue weighted by atomic mass is 19.3. The van der Waals surface area contributed by atoms with Gasteiger partial charge in [0.25, 0.3) is 12.3 Å². The third-order valence-corrected chi connectivity index (χ3v) is 1.21. The molecule has 0 aliphatic carbocycles. The highest BCUT2D eigenvalue weighted by molar-refractivity contribution is 4.77. The lowest BCUT2D eigenvalue weighted by Crippen LogP contribution is -2.35. The van der Waals surface area contributed by atoms with Gasteiger partial charge in [-0.25, -0.2) is 22.0 Å². The molecule has 0 aromatic carbocycles. The number of rotatable bonds is 4. The Hall–Kier alpha value is -0.350. The first kappa shape index (κ1) is 10.7. The SMILES string of the molecule is CCCC(F)(F)[C@@H](F)C(F)F. The maximum atomic E-state index is 12.2. The highest BCUT2D eigenvalue weighted by Crippen LogP contribution is 2.30. The van der Waals surface area contributed by atoms with E-state index in [1.165, 1.54) is 6.92 Å². The summed E-state index contributed by atoms with van der Waals surface area (Å²) in [5, 5.41) is 0. The van der Waals surface area contributed by atoms with Crippen LogP contribution < -0.4 is 0 Å². The first-order chi connectivity index (χ1) is 4.91. The van der Waals surface area contributed by atoms with Crippen molar-refractivity contribution >= 4 is 0 Å². The Balaban J connectivity index is 4.05. The van der Waals surface area contributed by atoms with Gasteiger partial charge in [0, 0.05) is 6.42 Å². The largest absolute Gasteiger partial charge is 0.284 e. The molecule has 5 heteroatoms. The topological polar surface area (TPSA) is 0 Å². The first-order valence-electron chi connectivity index (χ1n) is 3.22. The second-order valence-electron chi connectivity index (χ2n) is 2.25. The second kappa shape index (κ2) is 3.88. The summed E-state index contributed by atoms with van der Waals surface area (Å²) in [6.45, 7) is 1.38. The fourth-order valence-corrected chi connectivity index (χ4v) is 0.656. The van der Waals surface area contributed by atoms with Crippen LogP contribution >= 0.6 is 0 Å². The summed E-state index contributed by atoms with van der Waals surface area (Å²) in [5.41, 5.74) is 0. The Labute approximate surface area is 61.4 Å². The summed E-state index contributed by atoms with van der Waals surface area (Å²) < 4.78 is 59.2.